The number of amides is 1. The molecule has 53 heavy (non-hydrogen) atoms. The van der Waals surface area contributed by atoms with Crippen LogP contribution in [0.3, 0.4) is 0 Å². The SMILES string of the molecule is N#CC[C@H]1CN(c2nc(OC[C@@]34CCCN3C[C@H](F)C4)nc3c2CCN(c2cccc4ccc(F)c(Cl)c24)C3)CCN1C(=O)/C=C/CN1CCOCC1. The molecule has 0 radical (unpaired) electrons. The summed E-state index contributed by atoms with van der Waals surface area (Å²) < 4.78 is 41.2. The number of halogens is 3. The molecule has 0 N–H and O–H groups in total. The highest BCUT2D eigenvalue weighted by molar-refractivity contribution is 6.36. The number of alkyl halides is 1. The predicted molar refractivity (Wildman–Crippen MR) is 199 cm³/mol. The van der Waals surface area contributed by atoms with Crippen LogP contribution >= 0.6 is 11.6 Å². The summed E-state index contributed by atoms with van der Waals surface area (Å²) >= 11 is 6.55. The number of hydrogen-bond acceptors (Lipinski definition) is 10. The summed E-state index contributed by atoms with van der Waals surface area (Å²) in [6.45, 7) is 7.76. The third-order valence-corrected chi connectivity index (χ3v) is 12.0. The van der Waals surface area contributed by atoms with E-state index in [0.29, 0.717) is 83.9 Å². The van der Waals surface area contributed by atoms with Crippen LogP contribution in [-0.2, 0) is 22.5 Å². The van der Waals surface area contributed by atoms with Gasteiger partial charge in [-0.25, -0.2) is 8.78 Å². The van der Waals surface area contributed by atoms with Crippen LogP contribution in [0.15, 0.2) is 42.5 Å². The van der Waals surface area contributed by atoms with Crippen molar-refractivity contribution in [1.82, 2.24) is 24.7 Å². The molecule has 5 aliphatic rings. The standard InChI is InChI=1S/C39H45ClF2N8O3/c40-36-31(42)8-7-27-4-1-5-33(35(27)36)47-15-10-30-32(25-47)44-38(53-26-39-11-3-14-49(39)23-28(41)22-39)45-37(30)48-16-17-50(29(24-48)9-12-43)34(51)6-2-13-46-18-20-52-21-19-46/h1-2,4-8,28-29H,3,9-11,13-26H2/b6-2+/t28-,29+,39+/m1/s1. The predicted octanol–water partition coefficient (Wildman–Crippen LogP) is 4.76. The van der Waals surface area contributed by atoms with E-state index >= 15 is 0 Å². The van der Waals surface area contributed by atoms with Gasteiger partial charge < -0.3 is 24.2 Å². The van der Waals surface area contributed by atoms with Crippen molar-refractivity contribution < 1.29 is 23.0 Å². The third kappa shape index (κ3) is 7.26. The highest BCUT2D eigenvalue weighted by Crippen LogP contribution is 2.41. The van der Waals surface area contributed by atoms with Crippen molar-refractivity contribution in [1.29, 1.82) is 5.26 Å². The molecule has 3 aromatic rings. The van der Waals surface area contributed by atoms with Crippen molar-refractivity contribution in [2.45, 2.75) is 56.4 Å². The first kappa shape index (κ1) is 35.9. The van der Waals surface area contributed by atoms with Crippen LogP contribution in [0.5, 0.6) is 6.01 Å². The van der Waals surface area contributed by atoms with Crippen molar-refractivity contribution in [3.05, 3.63) is 64.6 Å². The molecule has 0 saturated carbocycles. The third-order valence-electron chi connectivity index (χ3n) is 11.6. The van der Waals surface area contributed by atoms with Gasteiger partial charge in [0.25, 0.3) is 0 Å². The Bertz CT molecular complexity index is 1920. The maximum absolute atomic E-state index is 14.7. The maximum atomic E-state index is 14.7. The van der Waals surface area contributed by atoms with Gasteiger partial charge in [-0.05, 0) is 43.3 Å². The van der Waals surface area contributed by atoms with E-state index < -0.39 is 12.0 Å². The monoisotopic (exact) mass is 746 g/mol. The van der Waals surface area contributed by atoms with Crippen LogP contribution in [0, 0.1) is 17.1 Å². The van der Waals surface area contributed by atoms with E-state index in [1.165, 1.54) is 6.07 Å². The minimum absolute atomic E-state index is 0.0892. The second-order valence-corrected chi connectivity index (χ2v) is 15.2. The van der Waals surface area contributed by atoms with E-state index in [0.717, 1.165) is 60.6 Å². The smallest absolute Gasteiger partial charge is 0.318 e. The van der Waals surface area contributed by atoms with Gasteiger partial charge in [0.15, 0.2) is 0 Å². The Balaban J connectivity index is 1.07. The first-order valence-corrected chi connectivity index (χ1v) is 19.1. The molecule has 4 saturated heterocycles. The number of ether oxygens (including phenoxy) is 2. The normalized spacial score (nSPS) is 25.2. The number of carbonyl (C=O) groups excluding carboxylic acids is 1. The molecule has 0 spiro atoms. The minimum atomic E-state index is -0.880. The molecule has 14 heteroatoms. The highest BCUT2D eigenvalue weighted by atomic mass is 35.5. The zero-order valence-electron chi connectivity index (χ0n) is 29.9. The molecule has 280 valence electrons. The molecule has 0 bridgehead atoms. The van der Waals surface area contributed by atoms with Gasteiger partial charge in [0.05, 0.1) is 54.5 Å². The summed E-state index contributed by atoms with van der Waals surface area (Å²) in [6.07, 6.45) is 5.75. The number of hydrogen-bond donors (Lipinski definition) is 0. The fraction of sp³-hybridized carbons (Fsp3) is 0.538. The number of rotatable bonds is 9. The lowest BCUT2D eigenvalue weighted by Gasteiger charge is -2.42. The molecular formula is C39H45ClF2N8O3. The number of aromatic nitrogens is 2. The Hall–Kier alpha value is -4.09. The van der Waals surface area contributed by atoms with Crippen LogP contribution in [0.1, 0.15) is 36.9 Å². The van der Waals surface area contributed by atoms with Crippen molar-refractivity contribution in [2.75, 3.05) is 88.5 Å². The zero-order chi connectivity index (χ0) is 36.5. The van der Waals surface area contributed by atoms with Gasteiger partial charge in [-0.15, -0.1) is 0 Å². The number of anilines is 2. The Kier molecular flexibility index (Phi) is 10.4. The van der Waals surface area contributed by atoms with Gasteiger partial charge >= 0.3 is 6.01 Å². The summed E-state index contributed by atoms with van der Waals surface area (Å²) in [4.78, 5) is 34.0. The second kappa shape index (κ2) is 15.3. The molecule has 4 fully saturated rings. The maximum Gasteiger partial charge on any atom is 0.318 e. The fourth-order valence-corrected chi connectivity index (χ4v) is 9.19. The fourth-order valence-electron chi connectivity index (χ4n) is 8.92. The van der Waals surface area contributed by atoms with Crippen molar-refractivity contribution in [3.63, 3.8) is 0 Å². The Labute approximate surface area is 313 Å². The van der Waals surface area contributed by atoms with Crippen LogP contribution in [-0.4, -0.2) is 127 Å². The molecule has 3 atom stereocenters. The van der Waals surface area contributed by atoms with Gasteiger partial charge in [-0.1, -0.05) is 35.9 Å². The highest BCUT2D eigenvalue weighted by Gasteiger charge is 2.49. The molecule has 0 unspecified atom stereocenters. The van der Waals surface area contributed by atoms with Crippen molar-refractivity contribution in [2.24, 2.45) is 0 Å². The van der Waals surface area contributed by atoms with E-state index in [-0.39, 0.29) is 34.9 Å². The number of fused-ring (bicyclic) bond motifs is 3. The van der Waals surface area contributed by atoms with Crippen molar-refractivity contribution in [3.8, 4) is 12.1 Å². The van der Waals surface area contributed by atoms with Crippen LogP contribution in [0.4, 0.5) is 20.3 Å². The lowest BCUT2D eigenvalue weighted by Crippen LogP contribution is -2.55. The van der Waals surface area contributed by atoms with Gasteiger partial charge in [-0.2, -0.15) is 15.2 Å². The van der Waals surface area contributed by atoms with Crippen LogP contribution in [0.2, 0.25) is 5.02 Å². The summed E-state index contributed by atoms with van der Waals surface area (Å²) in [5.74, 6) is 0.167. The molecular weight excluding hydrogens is 702 g/mol. The van der Waals surface area contributed by atoms with E-state index in [1.54, 1.807) is 17.0 Å². The first-order valence-electron chi connectivity index (χ1n) is 18.7. The van der Waals surface area contributed by atoms with Crippen molar-refractivity contribution >= 4 is 39.8 Å². The lowest BCUT2D eigenvalue weighted by atomic mass is 9.95. The lowest BCUT2D eigenvalue weighted by molar-refractivity contribution is -0.128. The number of benzene rings is 2. The summed E-state index contributed by atoms with van der Waals surface area (Å²) in [7, 11) is 0. The zero-order valence-corrected chi connectivity index (χ0v) is 30.6. The first-order chi connectivity index (χ1) is 25.8. The summed E-state index contributed by atoms with van der Waals surface area (Å²) in [5, 5.41) is 11.4. The van der Waals surface area contributed by atoms with Gasteiger partial charge in [-0.3, -0.25) is 14.6 Å². The molecule has 6 heterocycles. The summed E-state index contributed by atoms with van der Waals surface area (Å²) in [5.41, 5.74) is 2.23. The summed E-state index contributed by atoms with van der Waals surface area (Å²) in [6, 6.07) is 11.1. The van der Waals surface area contributed by atoms with E-state index in [1.807, 2.05) is 24.3 Å². The molecule has 1 amide bonds. The second-order valence-electron chi connectivity index (χ2n) is 14.8. The molecule has 2 aromatic carbocycles. The van der Waals surface area contributed by atoms with E-state index in [2.05, 4.69) is 25.7 Å². The largest absolute Gasteiger partial charge is 0.461 e. The van der Waals surface area contributed by atoms with Gasteiger partial charge in [0, 0.05) is 81.5 Å². The number of nitriles is 1. The van der Waals surface area contributed by atoms with E-state index in [9.17, 15) is 18.8 Å². The molecule has 8 rings (SSSR count). The van der Waals surface area contributed by atoms with Gasteiger partial charge in [0.1, 0.15) is 24.4 Å². The molecule has 0 aliphatic carbocycles. The Morgan fingerprint density at radius 2 is 1.96 bits per heavy atom. The Morgan fingerprint density at radius 1 is 1.09 bits per heavy atom. The number of nitrogens with zero attached hydrogens (tertiary/aromatic N) is 8. The topological polar surface area (TPSA) is 101 Å². The average Bonchev–Trinajstić information content (AvgIpc) is 3.70. The van der Waals surface area contributed by atoms with Crippen LogP contribution in [0.25, 0.3) is 10.8 Å². The number of carbonyl (C=O) groups is 1. The van der Waals surface area contributed by atoms with Gasteiger partial charge in [0.2, 0.25) is 5.91 Å². The number of morpholine rings is 1. The molecule has 11 nitrogen and oxygen atoms in total. The quantitative estimate of drug-likeness (QED) is 0.285. The van der Waals surface area contributed by atoms with Crippen LogP contribution < -0.4 is 14.5 Å². The molecule has 1 aromatic heterocycles. The number of piperazine rings is 1. The van der Waals surface area contributed by atoms with E-state index in [4.69, 9.17) is 31.0 Å². The minimum Gasteiger partial charge on any atom is -0.461 e. The Morgan fingerprint density at radius 3 is 2.81 bits per heavy atom. The molecule has 5 aliphatic heterocycles. The average molecular weight is 747 g/mol.